The zero-order valence-electron chi connectivity index (χ0n) is 10.2. The number of unbranched alkanes of at least 4 members (excludes halogenated alkanes) is 1. The molecule has 0 aliphatic carbocycles. The monoisotopic (exact) mass is 324 g/mol. The number of aromatic nitrogens is 1. The van der Waals surface area contributed by atoms with Crippen molar-refractivity contribution in [3.05, 3.63) is 23.9 Å². The highest BCUT2D eigenvalue weighted by molar-refractivity contribution is 9.09. The minimum atomic E-state index is -4.39. The van der Waals surface area contributed by atoms with Gasteiger partial charge in [0, 0.05) is 18.4 Å². The fourth-order valence-electron chi connectivity index (χ4n) is 1.55. The first-order chi connectivity index (χ1) is 8.49. The molecule has 1 heterocycles. The Morgan fingerprint density at radius 3 is 2.56 bits per heavy atom. The van der Waals surface area contributed by atoms with Crippen molar-refractivity contribution in [2.24, 2.45) is 0 Å². The highest BCUT2D eigenvalue weighted by atomic mass is 79.9. The summed E-state index contributed by atoms with van der Waals surface area (Å²) in [4.78, 5) is 5.56. The van der Waals surface area contributed by atoms with E-state index in [0.717, 1.165) is 25.5 Å². The van der Waals surface area contributed by atoms with Gasteiger partial charge in [0.15, 0.2) is 0 Å². The molecule has 0 aliphatic rings. The van der Waals surface area contributed by atoms with E-state index >= 15 is 0 Å². The first-order valence-corrected chi connectivity index (χ1v) is 6.96. The highest BCUT2D eigenvalue weighted by Crippen LogP contribution is 2.28. The Balaban J connectivity index is 2.90. The maximum atomic E-state index is 12.6. The molecule has 6 heteroatoms. The fraction of sp³-hybridized carbons (Fsp3) is 0.583. The van der Waals surface area contributed by atoms with Crippen LogP contribution in [0.1, 0.15) is 25.5 Å². The minimum absolute atomic E-state index is 0.387. The van der Waals surface area contributed by atoms with Crippen molar-refractivity contribution >= 4 is 21.7 Å². The number of nitrogens with zero attached hydrogens (tertiary/aromatic N) is 2. The molecule has 0 unspecified atom stereocenters. The van der Waals surface area contributed by atoms with Crippen LogP contribution in [0.5, 0.6) is 0 Å². The van der Waals surface area contributed by atoms with E-state index in [1.54, 1.807) is 6.07 Å². The molecule has 0 radical (unpaired) electrons. The predicted molar refractivity (Wildman–Crippen MR) is 70.2 cm³/mol. The van der Waals surface area contributed by atoms with Crippen LogP contribution in [-0.4, -0.2) is 23.4 Å². The van der Waals surface area contributed by atoms with Crippen molar-refractivity contribution in [1.82, 2.24) is 4.98 Å². The second kappa shape index (κ2) is 6.97. The van der Waals surface area contributed by atoms with Crippen LogP contribution < -0.4 is 4.90 Å². The molecule has 0 amide bonds. The van der Waals surface area contributed by atoms with E-state index in [4.69, 9.17) is 0 Å². The summed E-state index contributed by atoms with van der Waals surface area (Å²) in [7, 11) is 0. The van der Waals surface area contributed by atoms with Gasteiger partial charge in [-0.2, -0.15) is 13.2 Å². The molecule has 0 saturated heterocycles. The number of anilines is 1. The number of hydrogen-bond acceptors (Lipinski definition) is 2. The van der Waals surface area contributed by atoms with Crippen molar-refractivity contribution in [2.45, 2.75) is 25.9 Å². The van der Waals surface area contributed by atoms with Gasteiger partial charge in [0.25, 0.3) is 0 Å². The third-order valence-corrected chi connectivity index (χ3v) is 2.84. The summed E-state index contributed by atoms with van der Waals surface area (Å²) in [5, 5.41) is 0.703. The summed E-state index contributed by atoms with van der Waals surface area (Å²) in [6.45, 7) is 3.41. The maximum absolute atomic E-state index is 12.6. The van der Waals surface area contributed by atoms with Gasteiger partial charge in [0.2, 0.25) is 0 Å². The van der Waals surface area contributed by atoms with Crippen LogP contribution >= 0.6 is 15.9 Å². The minimum Gasteiger partial charge on any atom is -0.356 e. The molecule has 18 heavy (non-hydrogen) atoms. The van der Waals surface area contributed by atoms with Gasteiger partial charge in [-0.25, -0.2) is 4.98 Å². The van der Waals surface area contributed by atoms with Gasteiger partial charge in [0.05, 0.1) is 0 Å². The summed E-state index contributed by atoms with van der Waals surface area (Å²) >= 11 is 3.31. The Morgan fingerprint density at radius 1 is 1.28 bits per heavy atom. The molecular formula is C12H16BrF3N2. The Kier molecular flexibility index (Phi) is 5.91. The van der Waals surface area contributed by atoms with Crippen LogP contribution in [0.2, 0.25) is 0 Å². The van der Waals surface area contributed by atoms with Gasteiger partial charge in [-0.15, -0.1) is 0 Å². The molecule has 0 spiro atoms. The normalized spacial score (nSPS) is 11.6. The lowest BCUT2D eigenvalue weighted by atomic mass is 10.3. The summed E-state index contributed by atoms with van der Waals surface area (Å²) < 4.78 is 37.7. The third kappa shape index (κ3) is 4.48. The maximum Gasteiger partial charge on any atom is 0.433 e. The van der Waals surface area contributed by atoms with Crippen LogP contribution in [0, 0.1) is 0 Å². The van der Waals surface area contributed by atoms with Crippen LogP contribution in [0.4, 0.5) is 19.0 Å². The fourth-order valence-corrected chi connectivity index (χ4v) is 1.98. The van der Waals surface area contributed by atoms with Crippen molar-refractivity contribution < 1.29 is 13.2 Å². The lowest BCUT2D eigenvalue weighted by Crippen LogP contribution is -2.28. The molecule has 0 aromatic carbocycles. The number of halogens is 4. The van der Waals surface area contributed by atoms with Crippen molar-refractivity contribution in [3.8, 4) is 0 Å². The van der Waals surface area contributed by atoms with Crippen molar-refractivity contribution in [1.29, 1.82) is 0 Å². The van der Waals surface area contributed by atoms with Crippen LogP contribution in [0.3, 0.4) is 0 Å². The van der Waals surface area contributed by atoms with E-state index in [1.807, 2.05) is 11.8 Å². The van der Waals surface area contributed by atoms with E-state index in [1.165, 1.54) is 6.07 Å². The molecular weight excluding hydrogens is 309 g/mol. The van der Waals surface area contributed by atoms with Gasteiger partial charge in [-0.1, -0.05) is 35.3 Å². The van der Waals surface area contributed by atoms with E-state index < -0.39 is 11.9 Å². The third-order valence-electron chi connectivity index (χ3n) is 2.48. The average molecular weight is 325 g/mol. The zero-order valence-corrected chi connectivity index (χ0v) is 11.8. The lowest BCUT2D eigenvalue weighted by molar-refractivity contribution is -0.141. The molecule has 0 bridgehead atoms. The number of hydrogen-bond donors (Lipinski definition) is 0. The van der Waals surface area contributed by atoms with Crippen LogP contribution in [0.25, 0.3) is 0 Å². The van der Waals surface area contributed by atoms with E-state index in [0.29, 0.717) is 17.7 Å². The molecule has 2 nitrogen and oxygen atoms in total. The van der Waals surface area contributed by atoms with Crippen molar-refractivity contribution in [3.63, 3.8) is 0 Å². The molecule has 0 N–H and O–H groups in total. The second-order valence-electron chi connectivity index (χ2n) is 3.91. The number of rotatable bonds is 6. The van der Waals surface area contributed by atoms with E-state index in [-0.39, 0.29) is 0 Å². The van der Waals surface area contributed by atoms with Crippen LogP contribution in [0.15, 0.2) is 18.2 Å². The van der Waals surface area contributed by atoms with Gasteiger partial charge in [-0.3, -0.25) is 0 Å². The molecule has 1 rings (SSSR count). The summed E-state index contributed by atoms with van der Waals surface area (Å²) in [5.41, 5.74) is -0.837. The summed E-state index contributed by atoms with van der Waals surface area (Å²) in [6.07, 6.45) is -2.45. The van der Waals surface area contributed by atoms with Gasteiger partial charge in [-0.05, 0) is 18.6 Å². The summed E-state index contributed by atoms with van der Waals surface area (Å²) in [5.74, 6) is 0.387. The van der Waals surface area contributed by atoms with Crippen LogP contribution in [-0.2, 0) is 6.18 Å². The average Bonchev–Trinajstić information content (AvgIpc) is 2.33. The first kappa shape index (κ1) is 15.3. The number of alkyl halides is 4. The Labute approximate surface area is 113 Å². The predicted octanol–water partition coefficient (Wildman–Crippen LogP) is 4.10. The topological polar surface area (TPSA) is 16.1 Å². The SMILES string of the molecule is CCCCN(CCBr)c1cccc(C(F)(F)F)n1. The smallest absolute Gasteiger partial charge is 0.356 e. The van der Waals surface area contributed by atoms with E-state index in [2.05, 4.69) is 20.9 Å². The highest BCUT2D eigenvalue weighted by Gasteiger charge is 2.32. The standard InChI is InChI=1S/C12H16BrF3N2/c1-2-3-8-18(9-7-13)11-6-4-5-10(17-11)12(14,15)16/h4-6H,2-3,7-9H2,1H3. The Bertz CT molecular complexity index is 369. The second-order valence-corrected chi connectivity index (χ2v) is 4.70. The Morgan fingerprint density at radius 2 is 2.00 bits per heavy atom. The number of pyridine rings is 1. The molecule has 1 aromatic rings. The lowest BCUT2D eigenvalue weighted by Gasteiger charge is -2.23. The zero-order chi connectivity index (χ0) is 13.6. The quantitative estimate of drug-likeness (QED) is 0.732. The van der Waals surface area contributed by atoms with Gasteiger partial charge >= 0.3 is 6.18 Å². The molecule has 0 aliphatic heterocycles. The van der Waals surface area contributed by atoms with E-state index in [9.17, 15) is 13.2 Å². The van der Waals surface area contributed by atoms with Gasteiger partial charge < -0.3 is 4.90 Å². The molecule has 0 fully saturated rings. The first-order valence-electron chi connectivity index (χ1n) is 5.84. The summed E-state index contributed by atoms with van der Waals surface area (Å²) in [6, 6.07) is 4.02. The van der Waals surface area contributed by atoms with Crippen molar-refractivity contribution in [2.75, 3.05) is 23.3 Å². The largest absolute Gasteiger partial charge is 0.433 e. The molecule has 0 saturated carbocycles. The molecule has 0 atom stereocenters. The molecule has 1 aromatic heterocycles. The Hall–Kier alpha value is -0.780. The molecule has 102 valence electrons. The van der Waals surface area contributed by atoms with Gasteiger partial charge in [0.1, 0.15) is 11.5 Å².